The number of hydrogen-bond acceptors (Lipinski definition) is 9. The van der Waals surface area contributed by atoms with E-state index in [0.717, 1.165) is 11.1 Å². The van der Waals surface area contributed by atoms with Crippen molar-refractivity contribution in [3.63, 3.8) is 0 Å². The molecule has 0 aromatic heterocycles. The molecule has 0 fully saturated rings. The van der Waals surface area contributed by atoms with Crippen LogP contribution in [0.25, 0.3) is 11.1 Å². The molecular formula is C31H27N3O6. The highest BCUT2D eigenvalue weighted by Gasteiger charge is 2.42. The molecule has 1 unspecified atom stereocenters. The fourth-order valence-electron chi connectivity index (χ4n) is 4.60. The third kappa shape index (κ3) is 5.15. The first-order valence-electron chi connectivity index (χ1n) is 12.4. The van der Waals surface area contributed by atoms with Crippen LogP contribution in [0, 0.1) is 11.3 Å². The molecule has 1 heterocycles. The van der Waals surface area contributed by atoms with Crippen molar-refractivity contribution in [2.24, 2.45) is 5.73 Å². The van der Waals surface area contributed by atoms with Crippen molar-refractivity contribution in [2.75, 3.05) is 25.7 Å². The summed E-state index contributed by atoms with van der Waals surface area (Å²) in [5.41, 5.74) is 9.52. The maximum absolute atomic E-state index is 13.2. The number of ether oxygens (including phenoxy) is 3. The third-order valence-corrected chi connectivity index (χ3v) is 6.47. The molecular weight excluding hydrogens is 510 g/mol. The summed E-state index contributed by atoms with van der Waals surface area (Å²) in [5, 5.41) is 10.2. The van der Waals surface area contributed by atoms with Gasteiger partial charge in [-0.25, -0.2) is 14.4 Å². The van der Waals surface area contributed by atoms with Gasteiger partial charge >= 0.3 is 17.9 Å². The van der Waals surface area contributed by atoms with E-state index in [4.69, 9.17) is 19.9 Å². The zero-order valence-corrected chi connectivity index (χ0v) is 22.2. The Labute approximate surface area is 231 Å². The predicted molar refractivity (Wildman–Crippen MR) is 147 cm³/mol. The van der Waals surface area contributed by atoms with Crippen molar-refractivity contribution in [3.05, 3.63) is 113 Å². The minimum Gasteiger partial charge on any atom is -0.466 e. The zero-order valence-electron chi connectivity index (χ0n) is 22.2. The van der Waals surface area contributed by atoms with Crippen molar-refractivity contribution in [3.8, 4) is 17.2 Å². The normalized spacial score (nSPS) is 14.8. The van der Waals surface area contributed by atoms with E-state index < -0.39 is 23.8 Å². The molecule has 0 saturated carbocycles. The fraction of sp³-hybridized carbons (Fsp3) is 0.161. The fourth-order valence-corrected chi connectivity index (χ4v) is 4.60. The number of methoxy groups -OCH3 is 2. The molecule has 3 aromatic rings. The van der Waals surface area contributed by atoms with Crippen LogP contribution in [-0.2, 0) is 23.8 Å². The minimum atomic E-state index is -0.943. The van der Waals surface area contributed by atoms with Crippen LogP contribution < -0.4 is 10.6 Å². The van der Waals surface area contributed by atoms with E-state index in [9.17, 15) is 19.6 Å². The number of rotatable bonds is 7. The first kappa shape index (κ1) is 27.7. The van der Waals surface area contributed by atoms with Crippen molar-refractivity contribution in [2.45, 2.75) is 12.8 Å². The van der Waals surface area contributed by atoms with Crippen LogP contribution in [0.3, 0.4) is 0 Å². The summed E-state index contributed by atoms with van der Waals surface area (Å²) in [7, 11) is 2.40. The number of benzene rings is 3. The third-order valence-electron chi connectivity index (χ3n) is 6.47. The number of carbonyl (C=O) groups is 3. The molecule has 40 heavy (non-hydrogen) atoms. The van der Waals surface area contributed by atoms with E-state index in [2.05, 4.69) is 6.07 Å². The Balaban J connectivity index is 1.83. The number of allylic oxidation sites excluding steroid dienone is 1. The monoisotopic (exact) mass is 537 g/mol. The van der Waals surface area contributed by atoms with Gasteiger partial charge < -0.3 is 19.9 Å². The number of esters is 3. The molecule has 0 spiro atoms. The van der Waals surface area contributed by atoms with Crippen molar-refractivity contribution in [1.29, 1.82) is 5.26 Å². The molecule has 9 heteroatoms. The largest absolute Gasteiger partial charge is 0.466 e. The number of nitrogens with two attached hydrogens (primary N) is 1. The molecule has 0 saturated heterocycles. The van der Waals surface area contributed by atoms with Gasteiger partial charge in [0, 0.05) is 5.69 Å². The van der Waals surface area contributed by atoms with Crippen LogP contribution in [0.15, 0.2) is 102 Å². The molecule has 1 aliphatic rings. The average molecular weight is 538 g/mol. The summed E-state index contributed by atoms with van der Waals surface area (Å²) in [4.78, 5) is 39.7. The Morgan fingerprint density at radius 3 is 1.95 bits per heavy atom. The van der Waals surface area contributed by atoms with Crippen LogP contribution in [0.5, 0.6) is 0 Å². The van der Waals surface area contributed by atoms with Gasteiger partial charge in [0.15, 0.2) is 0 Å². The van der Waals surface area contributed by atoms with E-state index in [0.29, 0.717) is 16.8 Å². The van der Waals surface area contributed by atoms with E-state index in [1.165, 1.54) is 19.1 Å². The minimum absolute atomic E-state index is 0.0176. The van der Waals surface area contributed by atoms with Crippen LogP contribution in [0.4, 0.5) is 5.69 Å². The summed E-state index contributed by atoms with van der Waals surface area (Å²) in [6, 6.07) is 24.9. The summed E-state index contributed by atoms with van der Waals surface area (Å²) in [6.45, 7) is 2.03. The molecule has 1 aliphatic heterocycles. The highest BCUT2D eigenvalue weighted by molar-refractivity contribution is 6.06. The van der Waals surface area contributed by atoms with Crippen LogP contribution in [0.2, 0.25) is 0 Å². The molecule has 0 radical (unpaired) electrons. The standard InChI is InChI=1S/C31H27N3O6/c1-4-40-29(35)22-12-10-19(11-13-22)20-14-16-23(17-15-20)34-27(31(37)39-3)26(30(36)38-2)25(24(18-32)28(34)33)21-8-6-5-7-9-21/h5-17,25H,4,33H2,1-3H3. The molecule has 1 atom stereocenters. The SMILES string of the molecule is CCOC(=O)c1ccc(-c2ccc(N3C(N)=C(C#N)C(c4ccccc4)C(C(=O)OC)=C3C(=O)OC)cc2)cc1. The number of nitrogens with zero attached hydrogens (tertiary/aromatic N) is 2. The predicted octanol–water partition coefficient (Wildman–Crippen LogP) is 4.43. The van der Waals surface area contributed by atoms with Crippen molar-refractivity contribution in [1.82, 2.24) is 0 Å². The van der Waals surface area contributed by atoms with Gasteiger partial charge in [0.05, 0.1) is 49.5 Å². The topological polar surface area (TPSA) is 132 Å². The smallest absolute Gasteiger partial charge is 0.355 e. The van der Waals surface area contributed by atoms with Gasteiger partial charge in [-0.15, -0.1) is 0 Å². The second-order valence-electron chi connectivity index (χ2n) is 8.68. The van der Waals surface area contributed by atoms with E-state index in [1.807, 2.05) is 0 Å². The highest BCUT2D eigenvalue weighted by atomic mass is 16.5. The van der Waals surface area contributed by atoms with Crippen LogP contribution in [0.1, 0.15) is 28.8 Å². The lowest BCUT2D eigenvalue weighted by Crippen LogP contribution is -2.40. The Morgan fingerprint density at radius 1 is 0.850 bits per heavy atom. The highest BCUT2D eigenvalue weighted by Crippen LogP contribution is 2.43. The average Bonchev–Trinajstić information content (AvgIpc) is 3.00. The maximum Gasteiger partial charge on any atom is 0.355 e. The van der Waals surface area contributed by atoms with Gasteiger partial charge in [-0.2, -0.15) is 5.26 Å². The summed E-state index contributed by atoms with van der Waals surface area (Å²) < 4.78 is 15.2. The maximum atomic E-state index is 13.2. The molecule has 4 rings (SSSR count). The van der Waals surface area contributed by atoms with Gasteiger partial charge in [-0.1, -0.05) is 54.6 Å². The van der Waals surface area contributed by atoms with E-state index in [1.54, 1.807) is 85.8 Å². The number of nitriles is 1. The molecule has 2 N–H and O–H groups in total. The summed E-state index contributed by atoms with van der Waals surface area (Å²) in [5.74, 6) is -2.97. The second-order valence-corrected chi connectivity index (χ2v) is 8.68. The van der Waals surface area contributed by atoms with Crippen molar-refractivity contribution >= 4 is 23.6 Å². The van der Waals surface area contributed by atoms with E-state index in [-0.39, 0.29) is 29.3 Å². The molecule has 9 nitrogen and oxygen atoms in total. The quantitative estimate of drug-likeness (QED) is 0.343. The van der Waals surface area contributed by atoms with Crippen LogP contribution >= 0.6 is 0 Å². The lowest BCUT2D eigenvalue weighted by atomic mass is 9.81. The number of carbonyl (C=O) groups excluding carboxylic acids is 3. The number of hydrogen-bond donors (Lipinski definition) is 1. The lowest BCUT2D eigenvalue weighted by Gasteiger charge is -2.35. The molecule has 0 aliphatic carbocycles. The first-order valence-corrected chi connectivity index (χ1v) is 12.4. The van der Waals surface area contributed by atoms with Gasteiger partial charge in [0.25, 0.3) is 0 Å². The Kier molecular flexibility index (Phi) is 8.30. The molecule has 202 valence electrons. The molecule has 3 aromatic carbocycles. The van der Waals surface area contributed by atoms with Gasteiger partial charge in [-0.3, -0.25) is 4.90 Å². The van der Waals surface area contributed by atoms with E-state index >= 15 is 0 Å². The Hall–Kier alpha value is -5.36. The number of anilines is 1. The Morgan fingerprint density at radius 2 is 1.43 bits per heavy atom. The Bertz CT molecular complexity index is 1530. The summed E-state index contributed by atoms with van der Waals surface area (Å²) >= 11 is 0. The van der Waals surface area contributed by atoms with Gasteiger partial charge in [-0.05, 0) is 47.9 Å². The zero-order chi connectivity index (χ0) is 28.8. The second kappa shape index (κ2) is 12.0. The van der Waals surface area contributed by atoms with Crippen molar-refractivity contribution < 1.29 is 28.6 Å². The first-order chi connectivity index (χ1) is 19.4. The van der Waals surface area contributed by atoms with Gasteiger partial charge in [0.2, 0.25) is 0 Å². The molecule has 0 amide bonds. The molecule has 0 bridgehead atoms. The summed E-state index contributed by atoms with van der Waals surface area (Å²) in [6.07, 6.45) is 0. The van der Waals surface area contributed by atoms with Gasteiger partial charge in [0.1, 0.15) is 11.5 Å². The van der Waals surface area contributed by atoms with Crippen LogP contribution in [-0.4, -0.2) is 38.7 Å². The lowest BCUT2D eigenvalue weighted by molar-refractivity contribution is -0.139.